The number of fused-ring (bicyclic) bond motifs is 1. The molecule has 0 radical (unpaired) electrons. The summed E-state index contributed by atoms with van der Waals surface area (Å²) in [6.07, 6.45) is 3.10. The maximum absolute atomic E-state index is 13.3. The van der Waals surface area contributed by atoms with Gasteiger partial charge < -0.3 is 34.5 Å². The molecule has 1 spiro atoms. The van der Waals surface area contributed by atoms with Gasteiger partial charge in [0.05, 0.1) is 34.7 Å². The van der Waals surface area contributed by atoms with Crippen LogP contribution in [0.15, 0.2) is 46.3 Å². The number of ether oxygens (including phenoxy) is 4. The summed E-state index contributed by atoms with van der Waals surface area (Å²) in [6, 6.07) is 7.57. The van der Waals surface area contributed by atoms with E-state index in [-0.39, 0.29) is 29.0 Å². The van der Waals surface area contributed by atoms with Crippen LogP contribution in [0.25, 0.3) is 0 Å². The first-order chi connectivity index (χ1) is 20.6. The maximum atomic E-state index is 13.3. The first-order valence-corrected chi connectivity index (χ1v) is 17.4. The van der Waals surface area contributed by atoms with Gasteiger partial charge in [-0.2, -0.15) is 4.31 Å². The van der Waals surface area contributed by atoms with Crippen LogP contribution < -0.4 is 19.5 Å². The Morgan fingerprint density at radius 3 is 2.58 bits per heavy atom. The predicted octanol–water partition coefficient (Wildman–Crippen LogP) is 0.493. The normalized spacial score (nSPS) is 23.6. The molecule has 1 aromatic heterocycles. The summed E-state index contributed by atoms with van der Waals surface area (Å²) >= 11 is 0. The molecule has 0 bridgehead atoms. The van der Waals surface area contributed by atoms with E-state index in [0.29, 0.717) is 82.4 Å². The van der Waals surface area contributed by atoms with Crippen molar-refractivity contribution in [2.45, 2.75) is 64.4 Å². The number of piperidine rings is 1. The predicted molar refractivity (Wildman–Crippen MR) is 152 cm³/mol. The number of aliphatic hydroxyl groups is 2. The van der Waals surface area contributed by atoms with Crippen LogP contribution in [0.5, 0.6) is 17.4 Å². The SMILES string of the molecule is O=S(=O)(c1cnc2c(c1)OCCO2)N1CCC2(CC1)C[C@@H](NC[C@H](O)COc1cccc(S(=O)(=O)C3(CO)CC3)c1)CO2. The second kappa shape index (κ2) is 11.8. The molecule has 13 nitrogen and oxygen atoms in total. The first-order valence-electron chi connectivity index (χ1n) is 14.5. The van der Waals surface area contributed by atoms with Crippen LogP contribution in [0.2, 0.25) is 0 Å². The second-order valence-corrected chi connectivity index (χ2v) is 15.9. The first kappa shape index (κ1) is 30.5. The summed E-state index contributed by atoms with van der Waals surface area (Å²) < 4.78 is 75.3. The lowest BCUT2D eigenvalue weighted by Crippen LogP contribution is -2.47. The van der Waals surface area contributed by atoms with Crippen molar-refractivity contribution in [1.29, 1.82) is 0 Å². The summed E-state index contributed by atoms with van der Waals surface area (Å²) in [5.74, 6) is 0.945. The summed E-state index contributed by atoms with van der Waals surface area (Å²) in [7, 11) is -7.42. The molecule has 236 valence electrons. The Balaban J connectivity index is 0.963. The molecule has 0 amide bonds. The van der Waals surface area contributed by atoms with Gasteiger partial charge in [-0.15, -0.1) is 0 Å². The van der Waals surface area contributed by atoms with Gasteiger partial charge in [-0.05, 0) is 50.3 Å². The molecule has 3 aliphatic heterocycles. The molecule has 2 aromatic rings. The molecule has 6 rings (SSSR count). The second-order valence-electron chi connectivity index (χ2n) is 11.7. The van der Waals surface area contributed by atoms with Gasteiger partial charge in [0.2, 0.25) is 10.0 Å². The fraction of sp³-hybridized carbons (Fsp3) is 0.607. The van der Waals surface area contributed by atoms with E-state index >= 15 is 0 Å². The van der Waals surface area contributed by atoms with E-state index in [1.165, 1.54) is 28.7 Å². The zero-order chi connectivity index (χ0) is 30.3. The van der Waals surface area contributed by atoms with Gasteiger partial charge in [0.15, 0.2) is 15.6 Å². The summed E-state index contributed by atoms with van der Waals surface area (Å²) in [6.45, 7) is 1.58. The molecular formula is C28H37N3O10S2. The number of aromatic nitrogens is 1. The van der Waals surface area contributed by atoms with Crippen molar-refractivity contribution in [2.75, 3.05) is 52.7 Å². The van der Waals surface area contributed by atoms with Crippen LogP contribution in [0.3, 0.4) is 0 Å². The minimum atomic E-state index is -3.75. The highest BCUT2D eigenvalue weighted by Crippen LogP contribution is 2.46. The van der Waals surface area contributed by atoms with Crippen molar-refractivity contribution < 1.29 is 46.0 Å². The number of rotatable bonds is 11. The van der Waals surface area contributed by atoms with E-state index in [9.17, 15) is 27.0 Å². The Kier molecular flexibility index (Phi) is 8.34. The molecule has 2 saturated heterocycles. The average Bonchev–Trinajstić information content (AvgIpc) is 3.75. The lowest BCUT2D eigenvalue weighted by molar-refractivity contribution is -0.0312. The van der Waals surface area contributed by atoms with E-state index in [2.05, 4.69) is 10.3 Å². The highest BCUT2D eigenvalue weighted by molar-refractivity contribution is 7.93. The van der Waals surface area contributed by atoms with Crippen LogP contribution >= 0.6 is 0 Å². The fourth-order valence-corrected chi connectivity index (χ4v) is 9.09. The van der Waals surface area contributed by atoms with E-state index in [4.69, 9.17) is 18.9 Å². The Bertz CT molecular complexity index is 1540. The standard InChI is InChI=1S/C28H37N3O10S2/c32-19-28(4-5-28)42(34,35)23-3-1-2-22(12-23)40-18-21(33)15-29-20-14-27(41-17-20)6-8-31(9-7-27)43(36,37)24-13-25-26(30-16-24)39-11-10-38-25/h1-3,12-13,16,20-21,29,32-33H,4-11,14-15,17-19H2/t20-,21+/m1/s1. The Morgan fingerprint density at radius 2 is 1.84 bits per heavy atom. The van der Waals surface area contributed by atoms with Crippen LogP contribution in [0.1, 0.15) is 32.1 Å². The van der Waals surface area contributed by atoms with Crippen molar-refractivity contribution in [2.24, 2.45) is 0 Å². The van der Waals surface area contributed by atoms with Crippen molar-refractivity contribution in [3.8, 4) is 17.4 Å². The molecule has 43 heavy (non-hydrogen) atoms. The van der Waals surface area contributed by atoms with Crippen LogP contribution in [0, 0.1) is 0 Å². The van der Waals surface area contributed by atoms with E-state index < -0.39 is 42.9 Å². The lowest BCUT2D eigenvalue weighted by atomic mass is 9.88. The molecular weight excluding hydrogens is 602 g/mol. The van der Waals surface area contributed by atoms with Gasteiger partial charge in [-0.1, -0.05) is 6.07 Å². The van der Waals surface area contributed by atoms with Gasteiger partial charge in [-0.3, -0.25) is 0 Å². The maximum Gasteiger partial charge on any atom is 0.257 e. The quantitative estimate of drug-likeness (QED) is 0.311. The van der Waals surface area contributed by atoms with Crippen LogP contribution in [-0.4, -0.2) is 112 Å². The summed E-state index contributed by atoms with van der Waals surface area (Å²) in [5.41, 5.74) is -0.435. The van der Waals surface area contributed by atoms with Crippen LogP contribution in [0.4, 0.5) is 0 Å². The average molecular weight is 640 g/mol. The number of sulfonamides is 1. The van der Waals surface area contributed by atoms with Gasteiger partial charge in [0.1, 0.15) is 36.6 Å². The molecule has 1 aromatic carbocycles. The molecule has 15 heteroatoms. The molecule has 1 aliphatic carbocycles. The molecule has 1 saturated carbocycles. The third-order valence-electron chi connectivity index (χ3n) is 8.72. The zero-order valence-corrected chi connectivity index (χ0v) is 25.3. The molecule has 3 N–H and O–H groups in total. The number of hydrogen-bond acceptors (Lipinski definition) is 12. The topological polar surface area (TPSA) is 174 Å². The van der Waals surface area contributed by atoms with E-state index in [1.807, 2.05) is 0 Å². The number of nitrogens with zero attached hydrogens (tertiary/aromatic N) is 2. The Labute approximate surface area is 251 Å². The fourth-order valence-electron chi connectivity index (χ4n) is 5.85. The number of sulfone groups is 1. The smallest absolute Gasteiger partial charge is 0.257 e. The monoisotopic (exact) mass is 639 g/mol. The third kappa shape index (κ3) is 6.08. The van der Waals surface area contributed by atoms with Gasteiger partial charge in [0, 0.05) is 31.7 Å². The molecule has 3 fully saturated rings. The number of hydrogen-bond donors (Lipinski definition) is 3. The molecule has 4 heterocycles. The van der Waals surface area contributed by atoms with Crippen LogP contribution in [-0.2, 0) is 24.6 Å². The minimum absolute atomic E-state index is 0.0125. The highest BCUT2D eigenvalue weighted by Gasteiger charge is 2.54. The number of nitrogens with one attached hydrogen (secondary N) is 1. The number of benzene rings is 1. The number of pyridine rings is 1. The van der Waals surface area contributed by atoms with E-state index in [1.54, 1.807) is 12.1 Å². The largest absolute Gasteiger partial charge is 0.491 e. The van der Waals surface area contributed by atoms with E-state index in [0.717, 1.165) is 0 Å². The van der Waals surface area contributed by atoms with Crippen molar-refractivity contribution >= 4 is 19.9 Å². The van der Waals surface area contributed by atoms with Crippen molar-refractivity contribution in [1.82, 2.24) is 14.6 Å². The van der Waals surface area contributed by atoms with Gasteiger partial charge >= 0.3 is 0 Å². The molecule has 0 unspecified atom stereocenters. The minimum Gasteiger partial charge on any atom is -0.491 e. The summed E-state index contributed by atoms with van der Waals surface area (Å²) in [5, 5.41) is 23.4. The van der Waals surface area contributed by atoms with Gasteiger partial charge in [0.25, 0.3) is 5.88 Å². The third-order valence-corrected chi connectivity index (χ3v) is 13.1. The Hall–Kier alpha value is -2.53. The van der Waals surface area contributed by atoms with Crippen molar-refractivity contribution in [3.05, 3.63) is 36.5 Å². The lowest BCUT2D eigenvalue weighted by Gasteiger charge is -2.38. The summed E-state index contributed by atoms with van der Waals surface area (Å²) in [4.78, 5) is 4.27. The molecule has 4 aliphatic rings. The highest BCUT2D eigenvalue weighted by atomic mass is 32.2. The molecule has 2 atom stereocenters. The Morgan fingerprint density at radius 1 is 1.07 bits per heavy atom. The zero-order valence-electron chi connectivity index (χ0n) is 23.7. The number of aliphatic hydroxyl groups excluding tert-OH is 2. The van der Waals surface area contributed by atoms with Crippen molar-refractivity contribution in [3.63, 3.8) is 0 Å². The van der Waals surface area contributed by atoms with Gasteiger partial charge in [-0.25, -0.2) is 21.8 Å².